The normalized spacial score (nSPS) is 11.3. The Hall–Kier alpha value is -3.45. The monoisotopic (exact) mass is 409 g/mol. The minimum absolute atomic E-state index is 0.310. The first kappa shape index (κ1) is 20.3. The maximum Gasteiger partial charge on any atom is 0.344 e. The lowest BCUT2D eigenvalue weighted by Crippen LogP contribution is -2.33. The second kappa shape index (κ2) is 10.2. The molecule has 1 aromatic heterocycles. The van der Waals surface area contributed by atoms with Crippen molar-refractivity contribution in [2.45, 2.75) is 6.04 Å². The zero-order chi connectivity index (χ0) is 20.5. The first-order chi connectivity index (χ1) is 14.2. The molecule has 29 heavy (non-hydrogen) atoms. The van der Waals surface area contributed by atoms with Crippen LogP contribution in [0.25, 0.3) is 0 Å². The molecule has 1 amide bonds. The topological polar surface area (TPSA) is 81.7 Å². The highest BCUT2D eigenvalue weighted by atomic mass is 32.1. The van der Waals surface area contributed by atoms with Crippen molar-refractivity contribution in [3.05, 3.63) is 88.1 Å². The van der Waals surface area contributed by atoms with Crippen LogP contribution in [0, 0.1) is 0 Å². The van der Waals surface area contributed by atoms with Crippen molar-refractivity contribution in [2.24, 2.45) is 0 Å². The molecule has 2 aromatic carbocycles. The summed E-state index contributed by atoms with van der Waals surface area (Å²) in [7, 11) is 0. The summed E-state index contributed by atoms with van der Waals surface area (Å²) in [6, 6.07) is 19.4. The van der Waals surface area contributed by atoms with E-state index in [4.69, 9.17) is 9.47 Å². The molecule has 148 valence electrons. The standard InChI is InChI=1S/C22H19NO5S/c24-13-16-8-10-18(11-9-16)27-15-21(26)28-14-20(25)23-22(19-7-4-12-29-19)17-5-2-1-3-6-17/h1-13,22H,14-15H2,(H,23,25)/t22-/m0/s1. The van der Waals surface area contributed by atoms with Gasteiger partial charge in [0.1, 0.15) is 12.0 Å². The molecular weight excluding hydrogens is 390 g/mol. The number of benzene rings is 2. The first-order valence-electron chi connectivity index (χ1n) is 8.87. The van der Waals surface area contributed by atoms with Crippen LogP contribution in [0.3, 0.4) is 0 Å². The molecule has 0 saturated heterocycles. The van der Waals surface area contributed by atoms with Crippen molar-refractivity contribution in [1.29, 1.82) is 0 Å². The third-order valence-corrected chi connectivity index (χ3v) is 4.94. The Balaban J connectivity index is 1.49. The van der Waals surface area contributed by atoms with E-state index in [-0.39, 0.29) is 12.6 Å². The lowest BCUT2D eigenvalue weighted by molar-refractivity contribution is -0.150. The molecule has 0 fully saturated rings. The van der Waals surface area contributed by atoms with E-state index >= 15 is 0 Å². The second-order valence-electron chi connectivity index (χ2n) is 6.06. The van der Waals surface area contributed by atoms with Crippen molar-refractivity contribution < 1.29 is 23.9 Å². The van der Waals surface area contributed by atoms with Gasteiger partial charge in [-0.15, -0.1) is 11.3 Å². The van der Waals surface area contributed by atoms with E-state index in [1.165, 1.54) is 11.3 Å². The van der Waals surface area contributed by atoms with Crippen LogP contribution >= 0.6 is 11.3 Å². The van der Waals surface area contributed by atoms with Gasteiger partial charge in [0, 0.05) is 10.4 Å². The van der Waals surface area contributed by atoms with Gasteiger partial charge in [0.25, 0.3) is 5.91 Å². The summed E-state index contributed by atoms with van der Waals surface area (Å²) in [5.41, 5.74) is 1.45. The number of aldehydes is 1. The molecule has 0 aliphatic rings. The zero-order valence-corrected chi connectivity index (χ0v) is 16.3. The summed E-state index contributed by atoms with van der Waals surface area (Å²) in [6.45, 7) is -0.734. The van der Waals surface area contributed by atoms with Crippen LogP contribution in [0.5, 0.6) is 5.75 Å². The number of thiophene rings is 1. The number of hydrogen-bond donors (Lipinski definition) is 1. The number of amides is 1. The third kappa shape index (κ3) is 6.02. The molecule has 0 unspecified atom stereocenters. The highest BCUT2D eigenvalue weighted by Gasteiger charge is 2.18. The Morgan fingerprint density at radius 2 is 1.72 bits per heavy atom. The van der Waals surface area contributed by atoms with Crippen molar-refractivity contribution in [2.75, 3.05) is 13.2 Å². The van der Waals surface area contributed by atoms with Crippen LogP contribution in [-0.4, -0.2) is 31.4 Å². The number of rotatable bonds is 9. The largest absolute Gasteiger partial charge is 0.482 e. The quantitative estimate of drug-likeness (QED) is 0.433. The molecule has 0 aliphatic carbocycles. The summed E-state index contributed by atoms with van der Waals surface area (Å²) < 4.78 is 10.3. The number of carbonyl (C=O) groups excluding carboxylic acids is 3. The zero-order valence-electron chi connectivity index (χ0n) is 15.4. The minimum atomic E-state index is -0.660. The molecule has 0 aliphatic heterocycles. The molecule has 0 spiro atoms. The molecule has 0 saturated carbocycles. The predicted octanol–water partition coefficient (Wildman–Crippen LogP) is 3.39. The SMILES string of the molecule is O=Cc1ccc(OCC(=O)OCC(=O)N[C@@H](c2ccccc2)c2cccs2)cc1. The van der Waals surface area contributed by atoms with Gasteiger partial charge < -0.3 is 14.8 Å². The van der Waals surface area contributed by atoms with Crippen molar-refractivity contribution in [3.63, 3.8) is 0 Å². The molecule has 6 nitrogen and oxygen atoms in total. The van der Waals surface area contributed by atoms with Crippen LogP contribution in [-0.2, 0) is 14.3 Å². The Labute approximate surface area is 172 Å². The van der Waals surface area contributed by atoms with E-state index in [0.717, 1.165) is 16.7 Å². The van der Waals surface area contributed by atoms with E-state index in [1.807, 2.05) is 47.8 Å². The number of esters is 1. The van der Waals surface area contributed by atoms with E-state index in [9.17, 15) is 14.4 Å². The molecule has 0 radical (unpaired) electrons. The molecule has 3 aromatic rings. The summed E-state index contributed by atoms with van der Waals surface area (Å²) >= 11 is 1.54. The van der Waals surface area contributed by atoms with Gasteiger partial charge in [-0.25, -0.2) is 4.79 Å². The minimum Gasteiger partial charge on any atom is -0.482 e. The number of carbonyl (C=O) groups is 3. The predicted molar refractivity (Wildman–Crippen MR) is 109 cm³/mol. The van der Waals surface area contributed by atoms with E-state index in [1.54, 1.807) is 24.3 Å². The molecule has 3 rings (SSSR count). The van der Waals surface area contributed by atoms with Gasteiger partial charge in [-0.2, -0.15) is 0 Å². The Bertz CT molecular complexity index is 939. The Morgan fingerprint density at radius 1 is 0.966 bits per heavy atom. The van der Waals surface area contributed by atoms with Crippen LogP contribution in [0.2, 0.25) is 0 Å². The van der Waals surface area contributed by atoms with Gasteiger partial charge in [-0.1, -0.05) is 36.4 Å². The number of ether oxygens (including phenoxy) is 2. The molecule has 7 heteroatoms. The second-order valence-corrected chi connectivity index (χ2v) is 7.04. The fraction of sp³-hybridized carbons (Fsp3) is 0.136. The van der Waals surface area contributed by atoms with Gasteiger partial charge in [-0.05, 0) is 41.3 Å². The van der Waals surface area contributed by atoms with Gasteiger partial charge in [0.05, 0.1) is 6.04 Å². The van der Waals surface area contributed by atoms with Crippen molar-refractivity contribution >= 4 is 29.5 Å². The Morgan fingerprint density at radius 3 is 2.38 bits per heavy atom. The van der Waals surface area contributed by atoms with Crippen LogP contribution in [0.1, 0.15) is 26.8 Å². The summed E-state index contributed by atoms with van der Waals surface area (Å²) in [6.07, 6.45) is 0.718. The van der Waals surface area contributed by atoms with E-state index in [0.29, 0.717) is 11.3 Å². The molecule has 0 bridgehead atoms. The summed E-state index contributed by atoms with van der Waals surface area (Å²) in [5, 5.41) is 4.84. The average molecular weight is 409 g/mol. The average Bonchev–Trinajstić information content (AvgIpc) is 3.30. The Kier molecular flexibility index (Phi) is 7.13. The smallest absolute Gasteiger partial charge is 0.344 e. The summed E-state index contributed by atoms with van der Waals surface area (Å²) in [4.78, 5) is 35.8. The first-order valence-corrected chi connectivity index (χ1v) is 9.75. The maximum atomic E-state index is 12.3. The van der Waals surface area contributed by atoms with Gasteiger partial charge >= 0.3 is 5.97 Å². The van der Waals surface area contributed by atoms with Gasteiger partial charge in [0.2, 0.25) is 0 Å². The number of nitrogens with one attached hydrogen (secondary N) is 1. The third-order valence-electron chi connectivity index (χ3n) is 4.00. The maximum absolute atomic E-state index is 12.3. The molecule has 1 atom stereocenters. The molecule has 1 heterocycles. The fourth-order valence-corrected chi connectivity index (χ4v) is 3.40. The highest BCUT2D eigenvalue weighted by molar-refractivity contribution is 7.10. The highest BCUT2D eigenvalue weighted by Crippen LogP contribution is 2.25. The van der Waals surface area contributed by atoms with Crippen LogP contribution in [0.4, 0.5) is 0 Å². The number of hydrogen-bond acceptors (Lipinski definition) is 6. The fourth-order valence-electron chi connectivity index (χ4n) is 2.59. The van der Waals surface area contributed by atoms with E-state index in [2.05, 4.69) is 5.32 Å². The van der Waals surface area contributed by atoms with Crippen molar-refractivity contribution in [1.82, 2.24) is 5.32 Å². The van der Waals surface area contributed by atoms with Gasteiger partial charge in [-0.3, -0.25) is 9.59 Å². The van der Waals surface area contributed by atoms with Crippen molar-refractivity contribution in [3.8, 4) is 5.75 Å². The summed E-state index contributed by atoms with van der Waals surface area (Å²) in [5.74, 6) is -0.637. The van der Waals surface area contributed by atoms with Crippen LogP contribution < -0.4 is 10.1 Å². The van der Waals surface area contributed by atoms with Crippen LogP contribution in [0.15, 0.2) is 72.1 Å². The molecule has 1 N–H and O–H groups in total. The van der Waals surface area contributed by atoms with E-state index < -0.39 is 18.5 Å². The molecular formula is C22H19NO5S. The lowest BCUT2D eigenvalue weighted by atomic mass is 10.1. The van der Waals surface area contributed by atoms with Gasteiger partial charge in [0.15, 0.2) is 13.2 Å². The lowest BCUT2D eigenvalue weighted by Gasteiger charge is -2.18.